The maximum atomic E-state index is 6.21. The van der Waals surface area contributed by atoms with Crippen molar-refractivity contribution in [2.45, 2.75) is 66.5 Å². The second-order valence-corrected chi connectivity index (χ2v) is 7.30. The van der Waals surface area contributed by atoms with Gasteiger partial charge in [0.15, 0.2) is 0 Å². The van der Waals surface area contributed by atoms with E-state index >= 15 is 0 Å². The van der Waals surface area contributed by atoms with E-state index in [1.807, 2.05) is 27.1 Å². The van der Waals surface area contributed by atoms with Crippen molar-refractivity contribution in [3.63, 3.8) is 0 Å². The molecule has 0 spiro atoms. The third kappa shape index (κ3) is 4.69. The number of nitrogens with two attached hydrogens (primary N) is 1. The molecular formula is C15H34N4. The molecule has 114 valence electrons. The lowest BCUT2D eigenvalue weighted by atomic mass is 9.78. The Morgan fingerprint density at radius 1 is 1.05 bits per heavy atom. The number of hydrogen-bond donors (Lipinski definition) is 4. The van der Waals surface area contributed by atoms with Crippen LogP contribution in [-0.2, 0) is 0 Å². The van der Waals surface area contributed by atoms with Crippen LogP contribution >= 0.6 is 0 Å². The molecule has 0 radical (unpaired) electrons. The number of nitrogens with one attached hydrogen (secondary N) is 3. The Bertz CT molecular complexity index is 309. The molecular weight excluding hydrogens is 236 g/mol. The Kier molecular flexibility index (Phi) is 5.90. The fraction of sp³-hybridized carbons (Fsp3) is 0.867. The quantitative estimate of drug-likeness (QED) is 0.536. The van der Waals surface area contributed by atoms with E-state index in [1.54, 1.807) is 0 Å². The zero-order valence-corrected chi connectivity index (χ0v) is 14.2. The van der Waals surface area contributed by atoms with Gasteiger partial charge < -0.3 is 16.5 Å². The van der Waals surface area contributed by atoms with Gasteiger partial charge in [-0.25, -0.2) is 5.43 Å². The molecule has 0 saturated heterocycles. The summed E-state index contributed by atoms with van der Waals surface area (Å²) in [4.78, 5) is 0. The molecule has 0 aliphatic rings. The topological polar surface area (TPSA) is 62.1 Å². The summed E-state index contributed by atoms with van der Waals surface area (Å²) in [7, 11) is 1.88. The number of allylic oxidation sites excluding steroid dienone is 1. The molecule has 0 unspecified atom stereocenters. The summed E-state index contributed by atoms with van der Waals surface area (Å²) < 4.78 is 0. The number of hydrogen-bond acceptors (Lipinski definition) is 4. The van der Waals surface area contributed by atoms with Crippen LogP contribution in [0.15, 0.2) is 11.9 Å². The molecule has 4 nitrogen and oxygen atoms in total. The third-order valence-corrected chi connectivity index (χ3v) is 4.59. The lowest BCUT2D eigenvalue weighted by molar-refractivity contribution is 0.255. The molecule has 5 N–H and O–H groups in total. The molecule has 0 amide bonds. The average Bonchev–Trinajstić information content (AvgIpc) is 2.21. The maximum Gasteiger partial charge on any atom is 0.0486 e. The van der Waals surface area contributed by atoms with Gasteiger partial charge in [-0.05, 0) is 33.6 Å². The van der Waals surface area contributed by atoms with Crippen LogP contribution in [0.3, 0.4) is 0 Å². The average molecular weight is 270 g/mol. The highest BCUT2D eigenvalue weighted by molar-refractivity contribution is 5.12. The van der Waals surface area contributed by atoms with Crippen LogP contribution in [0.1, 0.15) is 55.4 Å². The second kappa shape index (κ2) is 6.14. The zero-order chi connectivity index (χ0) is 15.5. The van der Waals surface area contributed by atoms with Crippen LogP contribution < -0.4 is 21.9 Å². The molecule has 0 heterocycles. The first kappa shape index (κ1) is 18.3. The highest BCUT2D eigenvalue weighted by Crippen LogP contribution is 2.32. The summed E-state index contributed by atoms with van der Waals surface area (Å²) in [5.41, 5.74) is 13.1. The van der Waals surface area contributed by atoms with Gasteiger partial charge in [0, 0.05) is 35.4 Å². The minimum atomic E-state index is -0.309. The molecule has 0 fully saturated rings. The number of rotatable bonds is 7. The van der Waals surface area contributed by atoms with Gasteiger partial charge in [-0.15, -0.1) is 0 Å². The van der Waals surface area contributed by atoms with Gasteiger partial charge in [-0.1, -0.05) is 27.7 Å². The van der Waals surface area contributed by atoms with Crippen molar-refractivity contribution in [1.82, 2.24) is 16.2 Å². The molecule has 4 heteroatoms. The van der Waals surface area contributed by atoms with Crippen LogP contribution in [0, 0.1) is 11.3 Å². The second-order valence-electron chi connectivity index (χ2n) is 7.30. The SMILES string of the molecule is CNN/C(=C\NC(C)(C)C(C)(C)N)C(C)(C)C(C)C. The Morgan fingerprint density at radius 3 is 1.84 bits per heavy atom. The summed E-state index contributed by atoms with van der Waals surface area (Å²) in [6.07, 6.45) is 2.05. The predicted molar refractivity (Wildman–Crippen MR) is 84.4 cm³/mol. The minimum Gasteiger partial charge on any atom is -0.383 e. The van der Waals surface area contributed by atoms with Crippen LogP contribution in [0.25, 0.3) is 0 Å². The first-order valence-corrected chi connectivity index (χ1v) is 7.06. The van der Waals surface area contributed by atoms with Crippen molar-refractivity contribution in [3.8, 4) is 0 Å². The van der Waals surface area contributed by atoms with Crippen LogP contribution in [-0.4, -0.2) is 18.1 Å². The van der Waals surface area contributed by atoms with E-state index in [0.717, 1.165) is 5.70 Å². The lowest BCUT2D eigenvalue weighted by Gasteiger charge is -2.40. The normalized spacial score (nSPS) is 14.8. The Morgan fingerprint density at radius 2 is 1.53 bits per heavy atom. The molecule has 0 aliphatic carbocycles. The maximum absolute atomic E-state index is 6.21. The van der Waals surface area contributed by atoms with E-state index in [1.165, 1.54) is 0 Å². The summed E-state index contributed by atoms with van der Waals surface area (Å²) >= 11 is 0. The molecule has 0 bridgehead atoms. The van der Waals surface area contributed by atoms with Gasteiger partial charge in [0.05, 0.1) is 0 Å². The van der Waals surface area contributed by atoms with Crippen molar-refractivity contribution in [1.29, 1.82) is 0 Å². The standard InChI is InChI=1S/C15H34N4/c1-11(2)13(3,4)12(19-17-9)10-18-15(7,8)14(5,6)16/h10-11,17-19H,16H2,1-9H3/b12-10-. The van der Waals surface area contributed by atoms with Crippen molar-refractivity contribution in [2.75, 3.05) is 7.05 Å². The van der Waals surface area contributed by atoms with Crippen LogP contribution in [0.2, 0.25) is 0 Å². The molecule has 19 heavy (non-hydrogen) atoms. The Labute approximate surface area is 119 Å². The molecule has 0 aliphatic heterocycles. The zero-order valence-electron chi connectivity index (χ0n) is 14.2. The van der Waals surface area contributed by atoms with E-state index < -0.39 is 0 Å². The third-order valence-electron chi connectivity index (χ3n) is 4.59. The van der Waals surface area contributed by atoms with E-state index in [2.05, 4.69) is 57.7 Å². The molecule has 0 atom stereocenters. The van der Waals surface area contributed by atoms with Crippen molar-refractivity contribution >= 4 is 0 Å². The van der Waals surface area contributed by atoms with Crippen LogP contribution in [0.5, 0.6) is 0 Å². The van der Waals surface area contributed by atoms with E-state index in [0.29, 0.717) is 5.92 Å². The molecule has 0 saturated carbocycles. The highest BCUT2D eigenvalue weighted by Gasteiger charge is 2.33. The molecule has 0 aromatic rings. The molecule has 0 aromatic heterocycles. The minimum absolute atomic E-state index is 0.0465. The van der Waals surface area contributed by atoms with Crippen LogP contribution in [0.4, 0.5) is 0 Å². The molecule has 0 aromatic carbocycles. The van der Waals surface area contributed by atoms with Gasteiger partial charge in [0.1, 0.15) is 0 Å². The van der Waals surface area contributed by atoms with Gasteiger partial charge in [-0.3, -0.25) is 0 Å². The van der Waals surface area contributed by atoms with E-state index in [-0.39, 0.29) is 16.5 Å². The highest BCUT2D eigenvalue weighted by atomic mass is 15.3. The van der Waals surface area contributed by atoms with E-state index in [4.69, 9.17) is 5.73 Å². The van der Waals surface area contributed by atoms with Gasteiger partial charge in [0.25, 0.3) is 0 Å². The smallest absolute Gasteiger partial charge is 0.0486 e. The summed E-state index contributed by atoms with van der Waals surface area (Å²) in [6, 6.07) is 0. The fourth-order valence-electron chi connectivity index (χ4n) is 1.27. The predicted octanol–water partition coefficient (Wildman–Crippen LogP) is 2.34. The van der Waals surface area contributed by atoms with Crippen molar-refractivity contribution in [2.24, 2.45) is 17.1 Å². The van der Waals surface area contributed by atoms with E-state index in [9.17, 15) is 0 Å². The summed E-state index contributed by atoms with van der Waals surface area (Å²) in [6.45, 7) is 17.2. The van der Waals surface area contributed by atoms with Crippen molar-refractivity contribution in [3.05, 3.63) is 11.9 Å². The number of hydrazine groups is 1. The fourth-order valence-corrected chi connectivity index (χ4v) is 1.27. The van der Waals surface area contributed by atoms with Crippen molar-refractivity contribution < 1.29 is 0 Å². The first-order chi connectivity index (χ1) is 8.36. The largest absolute Gasteiger partial charge is 0.383 e. The summed E-state index contributed by atoms with van der Waals surface area (Å²) in [5.74, 6) is 0.524. The van der Waals surface area contributed by atoms with Gasteiger partial charge >= 0.3 is 0 Å². The monoisotopic (exact) mass is 270 g/mol. The van der Waals surface area contributed by atoms with Gasteiger partial charge in [0.2, 0.25) is 0 Å². The lowest BCUT2D eigenvalue weighted by Crippen LogP contribution is -2.59. The molecule has 0 rings (SSSR count). The van der Waals surface area contributed by atoms with Gasteiger partial charge in [-0.2, -0.15) is 0 Å². The first-order valence-electron chi connectivity index (χ1n) is 7.06. The Balaban J connectivity index is 5.18. The Hall–Kier alpha value is -0.740. The summed E-state index contributed by atoms with van der Waals surface area (Å²) in [5, 5.41) is 3.46.